The van der Waals surface area contributed by atoms with Crippen molar-refractivity contribution in [3.8, 4) is 16.9 Å². The molecule has 0 saturated heterocycles. The summed E-state index contributed by atoms with van der Waals surface area (Å²) >= 11 is 0. The molecular weight excluding hydrogens is 450 g/mol. The molecule has 184 valence electrons. The van der Waals surface area contributed by atoms with E-state index in [0.717, 1.165) is 40.2 Å². The van der Waals surface area contributed by atoms with Crippen LogP contribution in [0.25, 0.3) is 16.9 Å². The number of aromatic nitrogens is 2. The van der Waals surface area contributed by atoms with Crippen LogP contribution >= 0.6 is 0 Å². The Morgan fingerprint density at radius 2 is 1.50 bits per heavy atom. The lowest BCUT2D eigenvalue weighted by Gasteiger charge is -2.23. The molecule has 3 amide bonds. The molecule has 0 aliphatic heterocycles. The Balaban J connectivity index is 1.55. The number of anilines is 2. The van der Waals surface area contributed by atoms with Crippen LogP contribution in [0.3, 0.4) is 0 Å². The molecule has 7 heteroatoms. The van der Waals surface area contributed by atoms with E-state index in [1.165, 1.54) is 4.90 Å². The first-order chi connectivity index (χ1) is 17.5. The predicted molar refractivity (Wildman–Crippen MR) is 144 cm³/mol. The summed E-state index contributed by atoms with van der Waals surface area (Å²) in [6.07, 6.45) is 0.730. The van der Waals surface area contributed by atoms with Gasteiger partial charge in [-0.3, -0.25) is 4.79 Å². The first-order valence-electron chi connectivity index (χ1n) is 12.1. The maximum absolute atomic E-state index is 13.1. The van der Waals surface area contributed by atoms with Crippen molar-refractivity contribution < 1.29 is 9.59 Å². The fraction of sp³-hybridized carbons (Fsp3) is 0.207. The third-order valence-electron chi connectivity index (χ3n) is 5.88. The van der Waals surface area contributed by atoms with Gasteiger partial charge in [-0.25, -0.2) is 9.48 Å². The number of urea groups is 1. The topological polar surface area (TPSA) is 79.3 Å². The first-order valence-corrected chi connectivity index (χ1v) is 12.1. The number of amides is 3. The molecule has 4 aromatic rings. The molecule has 3 aromatic carbocycles. The standard InChI is InChI=1S/C29H31N5O2/c1-4-18-33(29(36)31-28-21(2)12-11-13-22(28)3)20-27(35)30-26-19-25(23-14-7-5-8-15-23)32-34(26)24-16-9-6-10-17-24/h5-17,19H,4,18,20H2,1-3H3,(H,30,35)(H,31,36). The summed E-state index contributed by atoms with van der Waals surface area (Å²) in [7, 11) is 0. The van der Waals surface area contributed by atoms with E-state index in [-0.39, 0.29) is 18.5 Å². The zero-order valence-corrected chi connectivity index (χ0v) is 20.9. The summed E-state index contributed by atoms with van der Waals surface area (Å²) in [5, 5.41) is 10.7. The zero-order valence-electron chi connectivity index (χ0n) is 20.9. The van der Waals surface area contributed by atoms with Crippen molar-refractivity contribution in [2.24, 2.45) is 0 Å². The van der Waals surface area contributed by atoms with Gasteiger partial charge in [0.15, 0.2) is 0 Å². The Morgan fingerprint density at radius 1 is 0.861 bits per heavy atom. The lowest BCUT2D eigenvalue weighted by molar-refractivity contribution is -0.116. The zero-order chi connectivity index (χ0) is 25.5. The Morgan fingerprint density at radius 3 is 2.14 bits per heavy atom. The van der Waals surface area contributed by atoms with Gasteiger partial charge in [0.05, 0.1) is 11.4 Å². The van der Waals surface area contributed by atoms with Crippen LogP contribution in [0.15, 0.2) is 84.9 Å². The highest BCUT2D eigenvalue weighted by atomic mass is 16.2. The number of nitrogens with zero attached hydrogens (tertiary/aromatic N) is 3. The van der Waals surface area contributed by atoms with Crippen molar-refractivity contribution >= 4 is 23.4 Å². The molecule has 0 aliphatic carbocycles. The Bertz CT molecular complexity index is 1310. The summed E-state index contributed by atoms with van der Waals surface area (Å²) < 4.78 is 1.71. The smallest absolute Gasteiger partial charge is 0.315 e. The van der Waals surface area contributed by atoms with Gasteiger partial charge in [0, 0.05) is 23.9 Å². The number of carbonyl (C=O) groups is 2. The molecule has 0 bridgehead atoms. The maximum atomic E-state index is 13.1. The second-order valence-electron chi connectivity index (χ2n) is 8.69. The number of rotatable bonds is 8. The van der Waals surface area contributed by atoms with Crippen molar-refractivity contribution in [1.82, 2.24) is 14.7 Å². The van der Waals surface area contributed by atoms with E-state index in [2.05, 4.69) is 10.6 Å². The summed E-state index contributed by atoms with van der Waals surface area (Å²) in [5.74, 6) is 0.244. The summed E-state index contributed by atoms with van der Waals surface area (Å²) in [4.78, 5) is 27.8. The monoisotopic (exact) mass is 481 g/mol. The van der Waals surface area contributed by atoms with E-state index < -0.39 is 0 Å². The minimum absolute atomic E-state index is 0.0781. The lowest BCUT2D eigenvalue weighted by Crippen LogP contribution is -2.41. The van der Waals surface area contributed by atoms with Gasteiger partial charge < -0.3 is 15.5 Å². The molecule has 0 aliphatic rings. The second-order valence-corrected chi connectivity index (χ2v) is 8.69. The van der Waals surface area contributed by atoms with Gasteiger partial charge in [-0.2, -0.15) is 5.10 Å². The van der Waals surface area contributed by atoms with Crippen LogP contribution in [0.5, 0.6) is 0 Å². The largest absolute Gasteiger partial charge is 0.322 e. The van der Waals surface area contributed by atoms with E-state index in [9.17, 15) is 9.59 Å². The Labute approximate surface area is 211 Å². The van der Waals surface area contributed by atoms with Gasteiger partial charge >= 0.3 is 6.03 Å². The predicted octanol–water partition coefficient (Wildman–Crippen LogP) is 6.04. The van der Waals surface area contributed by atoms with E-state index in [0.29, 0.717) is 12.4 Å². The van der Waals surface area contributed by atoms with Crippen LogP contribution in [0.4, 0.5) is 16.3 Å². The summed E-state index contributed by atoms with van der Waals surface area (Å²) in [5.41, 5.74) is 5.25. The molecule has 0 unspecified atom stereocenters. The average Bonchev–Trinajstić information content (AvgIpc) is 3.30. The van der Waals surface area contributed by atoms with Crippen molar-refractivity contribution in [3.63, 3.8) is 0 Å². The summed E-state index contributed by atoms with van der Waals surface area (Å²) in [6.45, 7) is 6.26. The second kappa shape index (κ2) is 11.4. The van der Waals surface area contributed by atoms with Crippen molar-refractivity contribution in [1.29, 1.82) is 0 Å². The number of nitrogens with one attached hydrogen (secondary N) is 2. The molecule has 0 fully saturated rings. The van der Waals surface area contributed by atoms with E-state index in [1.807, 2.05) is 106 Å². The van der Waals surface area contributed by atoms with Gasteiger partial charge in [-0.1, -0.05) is 73.7 Å². The van der Waals surface area contributed by atoms with E-state index in [4.69, 9.17) is 5.10 Å². The molecule has 1 heterocycles. The lowest BCUT2D eigenvalue weighted by atomic mass is 10.1. The Hall–Kier alpha value is -4.39. The van der Waals surface area contributed by atoms with Crippen molar-refractivity contribution in [3.05, 3.63) is 96.1 Å². The molecule has 1 aromatic heterocycles. The molecule has 36 heavy (non-hydrogen) atoms. The number of hydrogen-bond acceptors (Lipinski definition) is 3. The number of hydrogen-bond donors (Lipinski definition) is 2. The average molecular weight is 482 g/mol. The molecule has 4 rings (SSSR count). The van der Waals surface area contributed by atoms with E-state index in [1.54, 1.807) is 4.68 Å². The number of aryl methyl sites for hydroxylation is 2. The van der Waals surface area contributed by atoms with Crippen molar-refractivity contribution in [2.45, 2.75) is 27.2 Å². The molecule has 0 saturated carbocycles. The van der Waals surface area contributed by atoms with Crippen LogP contribution in [-0.2, 0) is 4.79 Å². The normalized spacial score (nSPS) is 10.6. The first kappa shape index (κ1) is 24.7. The molecule has 2 N–H and O–H groups in total. The quantitative estimate of drug-likeness (QED) is 0.322. The van der Waals surface area contributed by atoms with Crippen LogP contribution in [0.2, 0.25) is 0 Å². The summed E-state index contributed by atoms with van der Waals surface area (Å²) in [6, 6.07) is 26.8. The highest BCUT2D eigenvalue weighted by molar-refractivity contribution is 5.97. The van der Waals surface area contributed by atoms with Crippen LogP contribution in [0.1, 0.15) is 24.5 Å². The number of carbonyl (C=O) groups excluding carboxylic acids is 2. The van der Waals surface area contributed by atoms with Gasteiger partial charge in [0.2, 0.25) is 5.91 Å². The number of para-hydroxylation sites is 2. The maximum Gasteiger partial charge on any atom is 0.322 e. The van der Waals surface area contributed by atoms with Crippen molar-refractivity contribution in [2.75, 3.05) is 23.7 Å². The molecular formula is C29H31N5O2. The minimum Gasteiger partial charge on any atom is -0.315 e. The number of benzene rings is 3. The van der Waals surface area contributed by atoms with Gasteiger partial charge in [0.25, 0.3) is 0 Å². The highest BCUT2D eigenvalue weighted by Crippen LogP contribution is 2.25. The minimum atomic E-state index is -0.300. The Kier molecular flexibility index (Phi) is 7.80. The van der Waals surface area contributed by atoms with E-state index >= 15 is 0 Å². The fourth-order valence-electron chi connectivity index (χ4n) is 4.06. The van der Waals surface area contributed by atoms with Gasteiger partial charge in [-0.15, -0.1) is 0 Å². The fourth-order valence-corrected chi connectivity index (χ4v) is 4.06. The third kappa shape index (κ3) is 5.81. The SMILES string of the molecule is CCCN(CC(=O)Nc1cc(-c2ccccc2)nn1-c1ccccc1)C(=O)Nc1c(C)cccc1C. The molecule has 0 radical (unpaired) electrons. The van der Waals surface area contributed by atoms with Crippen LogP contribution in [0, 0.1) is 13.8 Å². The third-order valence-corrected chi connectivity index (χ3v) is 5.88. The van der Waals surface area contributed by atoms with Gasteiger partial charge in [-0.05, 0) is 43.5 Å². The highest BCUT2D eigenvalue weighted by Gasteiger charge is 2.20. The van der Waals surface area contributed by atoms with Crippen LogP contribution < -0.4 is 10.6 Å². The van der Waals surface area contributed by atoms with Gasteiger partial charge in [0.1, 0.15) is 12.4 Å². The van der Waals surface area contributed by atoms with Crippen LogP contribution in [-0.4, -0.2) is 39.7 Å². The molecule has 0 spiro atoms. The molecule has 7 nitrogen and oxygen atoms in total. The molecule has 0 atom stereocenters.